The van der Waals surface area contributed by atoms with E-state index in [2.05, 4.69) is 4.98 Å². The first-order chi connectivity index (χ1) is 10.1. The zero-order valence-electron chi connectivity index (χ0n) is 12.9. The number of carbonyl (C=O) groups excluding carboxylic acids is 1. The number of hydrogen-bond donors (Lipinski definition) is 0. The number of para-hydroxylation sites is 1. The molecule has 0 saturated carbocycles. The van der Waals surface area contributed by atoms with Crippen LogP contribution in [-0.2, 0) is 17.8 Å². The van der Waals surface area contributed by atoms with Crippen LogP contribution in [0.4, 0.5) is 0 Å². The normalized spacial score (nSPS) is 11.0. The third kappa shape index (κ3) is 3.21. The lowest BCUT2D eigenvalue weighted by Gasteiger charge is -2.19. The fourth-order valence-corrected chi connectivity index (χ4v) is 2.77. The average Bonchev–Trinajstić information content (AvgIpc) is 2.81. The number of fused-ring (bicyclic) bond motifs is 1. The number of aryl methyl sites for hydroxylation is 2. The van der Waals surface area contributed by atoms with Crippen molar-refractivity contribution in [2.24, 2.45) is 0 Å². The van der Waals surface area contributed by atoms with Crippen LogP contribution in [0.3, 0.4) is 0 Å². The molecule has 5 heteroatoms. The summed E-state index contributed by atoms with van der Waals surface area (Å²) in [6.07, 6.45) is 0.668. The van der Waals surface area contributed by atoms with Crippen LogP contribution in [0.2, 0.25) is 0 Å². The highest BCUT2D eigenvalue weighted by atomic mass is 35.5. The van der Waals surface area contributed by atoms with Gasteiger partial charge < -0.3 is 9.47 Å². The number of hydrogen-bond acceptors (Lipinski definition) is 2. The zero-order valence-corrected chi connectivity index (χ0v) is 13.7. The lowest BCUT2D eigenvalue weighted by atomic mass is 10.2. The fourth-order valence-electron chi connectivity index (χ4n) is 2.60. The maximum atomic E-state index is 12.4. The second-order valence-corrected chi connectivity index (χ2v) is 5.44. The minimum atomic E-state index is 0.122. The first-order valence-electron chi connectivity index (χ1n) is 7.40. The minimum Gasteiger partial charge on any atom is -0.342 e. The van der Waals surface area contributed by atoms with Gasteiger partial charge in [0.15, 0.2) is 0 Å². The van der Waals surface area contributed by atoms with Crippen molar-refractivity contribution in [3.05, 3.63) is 29.6 Å². The molecule has 0 saturated heterocycles. The van der Waals surface area contributed by atoms with Crippen molar-refractivity contribution in [1.82, 2.24) is 14.5 Å². The van der Waals surface area contributed by atoms with Crippen LogP contribution in [0.25, 0.3) is 11.0 Å². The molecular formula is C16H22ClN3O. The van der Waals surface area contributed by atoms with Gasteiger partial charge in [0.1, 0.15) is 12.4 Å². The molecule has 2 aromatic rings. The Morgan fingerprint density at radius 3 is 2.67 bits per heavy atom. The Bertz CT molecular complexity index is 632. The highest BCUT2D eigenvalue weighted by molar-refractivity contribution is 6.17. The second kappa shape index (κ2) is 6.94. The monoisotopic (exact) mass is 307 g/mol. The van der Waals surface area contributed by atoms with Gasteiger partial charge in [-0.25, -0.2) is 4.98 Å². The Kier molecular flexibility index (Phi) is 5.23. The van der Waals surface area contributed by atoms with Crippen molar-refractivity contribution in [3.8, 4) is 0 Å². The van der Waals surface area contributed by atoms with E-state index in [1.54, 1.807) is 0 Å². The first kappa shape index (κ1) is 15.8. The van der Waals surface area contributed by atoms with E-state index in [1.807, 2.05) is 48.4 Å². The van der Waals surface area contributed by atoms with Crippen molar-refractivity contribution in [2.75, 3.05) is 19.0 Å². The van der Waals surface area contributed by atoms with E-state index >= 15 is 0 Å². The Morgan fingerprint density at radius 1 is 1.33 bits per heavy atom. The quantitative estimate of drug-likeness (QED) is 0.770. The molecule has 114 valence electrons. The number of halogens is 1. The molecule has 1 amide bonds. The van der Waals surface area contributed by atoms with Crippen molar-refractivity contribution < 1.29 is 4.79 Å². The molecular weight excluding hydrogens is 286 g/mol. The standard InChI is InChI=1S/C16H22ClN3O/c1-4-19(5-2)15(21)11-20-13-8-6-7-12(3)16(13)18-14(20)9-10-17/h6-8H,4-5,9-11H2,1-3H3. The predicted octanol–water partition coefficient (Wildman–Crippen LogP) is 2.99. The number of imidazole rings is 1. The molecule has 0 radical (unpaired) electrons. The van der Waals surface area contributed by atoms with Crippen LogP contribution in [0.1, 0.15) is 25.2 Å². The SMILES string of the molecule is CCN(CC)C(=O)Cn1c(CCCl)nc2c(C)cccc21. The maximum Gasteiger partial charge on any atom is 0.242 e. The summed E-state index contributed by atoms with van der Waals surface area (Å²) >= 11 is 5.88. The van der Waals surface area contributed by atoms with Gasteiger partial charge in [-0.05, 0) is 32.4 Å². The molecule has 0 aliphatic rings. The molecule has 21 heavy (non-hydrogen) atoms. The topological polar surface area (TPSA) is 38.1 Å². The van der Waals surface area contributed by atoms with E-state index in [0.29, 0.717) is 18.8 Å². The van der Waals surface area contributed by atoms with Crippen molar-refractivity contribution in [2.45, 2.75) is 33.7 Å². The van der Waals surface area contributed by atoms with Crippen molar-refractivity contribution >= 4 is 28.5 Å². The van der Waals surface area contributed by atoms with Crippen LogP contribution in [-0.4, -0.2) is 39.3 Å². The van der Waals surface area contributed by atoms with Gasteiger partial charge in [-0.3, -0.25) is 4.79 Å². The average molecular weight is 308 g/mol. The zero-order chi connectivity index (χ0) is 15.4. The molecule has 1 aromatic heterocycles. The fraction of sp³-hybridized carbons (Fsp3) is 0.500. The van der Waals surface area contributed by atoms with Crippen LogP contribution < -0.4 is 0 Å². The highest BCUT2D eigenvalue weighted by Crippen LogP contribution is 2.20. The van der Waals surface area contributed by atoms with Gasteiger partial charge in [0, 0.05) is 25.4 Å². The van der Waals surface area contributed by atoms with Crippen LogP contribution in [0.5, 0.6) is 0 Å². The Balaban J connectivity index is 2.43. The van der Waals surface area contributed by atoms with E-state index in [0.717, 1.165) is 35.5 Å². The Hall–Kier alpha value is -1.55. The smallest absolute Gasteiger partial charge is 0.242 e. The largest absolute Gasteiger partial charge is 0.342 e. The van der Waals surface area contributed by atoms with Gasteiger partial charge >= 0.3 is 0 Å². The summed E-state index contributed by atoms with van der Waals surface area (Å²) in [6, 6.07) is 6.06. The number of benzene rings is 1. The number of likely N-dealkylation sites (N-methyl/N-ethyl adjacent to an activating group) is 1. The van der Waals surface area contributed by atoms with Gasteiger partial charge in [0.05, 0.1) is 11.0 Å². The number of nitrogens with zero attached hydrogens (tertiary/aromatic N) is 3. The lowest BCUT2D eigenvalue weighted by molar-refractivity contribution is -0.131. The van der Waals surface area contributed by atoms with Gasteiger partial charge in [-0.15, -0.1) is 11.6 Å². The summed E-state index contributed by atoms with van der Waals surface area (Å²) in [5.74, 6) is 1.51. The van der Waals surface area contributed by atoms with Crippen molar-refractivity contribution in [1.29, 1.82) is 0 Å². The molecule has 1 aromatic carbocycles. The van der Waals surface area contributed by atoms with Gasteiger partial charge in [-0.2, -0.15) is 0 Å². The van der Waals surface area contributed by atoms with Crippen LogP contribution in [0.15, 0.2) is 18.2 Å². The summed E-state index contributed by atoms with van der Waals surface area (Å²) in [5, 5.41) is 0. The summed E-state index contributed by atoms with van der Waals surface area (Å²) in [6.45, 7) is 7.82. The van der Waals surface area contributed by atoms with E-state index < -0.39 is 0 Å². The molecule has 1 heterocycles. The number of alkyl halides is 1. The van der Waals surface area contributed by atoms with Crippen LogP contribution in [0, 0.1) is 6.92 Å². The van der Waals surface area contributed by atoms with Crippen LogP contribution >= 0.6 is 11.6 Å². The molecule has 0 spiro atoms. The molecule has 0 unspecified atom stereocenters. The Labute approximate surface area is 130 Å². The highest BCUT2D eigenvalue weighted by Gasteiger charge is 2.17. The molecule has 0 aliphatic carbocycles. The lowest BCUT2D eigenvalue weighted by Crippen LogP contribution is -2.33. The first-order valence-corrected chi connectivity index (χ1v) is 7.94. The number of aromatic nitrogens is 2. The predicted molar refractivity (Wildman–Crippen MR) is 86.8 cm³/mol. The molecule has 0 aliphatic heterocycles. The summed E-state index contributed by atoms with van der Waals surface area (Å²) in [7, 11) is 0. The number of amides is 1. The summed E-state index contributed by atoms with van der Waals surface area (Å²) in [4.78, 5) is 18.9. The number of rotatable bonds is 6. The molecule has 2 rings (SSSR count). The van der Waals surface area contributed by atoms with E-state index in [-0.39, 0.29) is 5.91 Å². The Morgan fingerprint density at radius 2 is 2.05 bits per heavy atom. The van der Waals surface area contributed by atoms with E-state index in [9.17, 15) is 4.79 Å². The van der Waals surface area contributed by atoms with Gasteiger partial charge in [0.25, 0.3) is 0 Å². The number of carbonyl (C=O) groups is 1. The summed E-state index contributed by atoms with van der Waals surface area (Å²) < 4.78 is 2.01. The third-order valence-corrected chi connectivity index (χ3v) is 3.98. The second-order valence-electron chi connectivity index (χ2n) is 5.06. The minimum absolute atomic E-state index is 0.122. The maximum absolute atomic E-state index is 12.4. The summed E-state index contributed by atoms with van der Waals surface area (Å²) in [5.41, 5.74) is 3.10. The van der Waals surface area contributed by atoms with E-state index in [1.165, 1.54) is 0 Å². The van der Waals surface area contributed by atoms with E-state index in [4.69, 9.17) is 11.6 Å². The van der Waals surface area contributed by atoms with Crippen molar-refractivity contribution in [3.63, 3.8) is 0 Å². The van der Waals surface area contributed by atoms with Gasteiger partial charge in [0.2, 0.25) is 5.91 Å². The molecule has 0 atom stereocenters. The van der Waals surface area contributed by atoms with Gasteiger partial charge in [-0.1, -0.05) is 12.1 Å². The molecule has 4 nitrogen and oxygen atoms in total. The molecule has 0 N–H and O–H groups in total. The molecule has 0 bridgehead atoms. The third-order valence-electron chi connectivity index (χ3n) is 3.79. The molecule has 0 fully saturated rings.